The fourth-order valence-corrected chi connectivity index (χ4v) is 10.4. The summed E-state index contributed by atoms with van der Waals surface area (Å²) in [6, 6.07) is 0. The Kier molecular flexibility index (Phi) is 66.6. The number of rotatable bonds is 65. The number of esters is 3. The van der Waals surface area contributed by atoms with Gasteiger partial charge in [-0.1, -0.05) is 331 Å². The zero-order valence-electron chi connectivity index (χ0n) is 54.1. The summed E-state index contributed by atoms with van der Waals surface area (Å²) >= 11 is 0. The molecule has 0 aromatic carbocycles. The maximum atomic E-state index is 13.0. The van der Waals surface area contributed by atoms with E-state index in [1.807, 2.05) is 0 Å². The predicted molar refractivity (Wildman–Crippen MR) is 353 cm³/mol. The van der Waals surface area contributed by atoms with E-state index in [-0.39, 0.29) is 31.1 Å². The number of unbranched alkanes of at least 4 members (excludes halogenated alkanes) is 42. The highest BCUT2D eigenvalue weighted by atomic mass is 16.6. The summed E-state index contributed by atoms with van der Waals surface area (Å²) in [5, 5.41) is 0. The second kappa shape index (κ2) is 69.3. The molecule has 0 aromatic heterocycles. The summed E-state index contributed by atoms with van der Waals surface area (Å²) in [6.45, 7) is 6.56. The Morgan fingerprint density at radius 2 is 0.481 bits per heavy atom. The lowest BCUT2D eigenvalue weighted by Crippen LogP contribution is -2.30. The minimum absolute atomic E-state index is 0.0791. The zero-order valence-corrected chi connectivity index (χ0v) is 54.1. The Labute approximate surface area is 503 Å². The van der Waals surface area contributed by atoms with Crippen LogP contribution < -0.4 is 0 Å². The summed E-state index contributed by atoms with van der Waals surface area (Å²) in [7, 11) is 0. The van der Waals surface area contributed by atoms with Gasteiger partial charge in [0.15, 0.2) is 6.10 Å². The van der Waals surface area contributed by atoms with Gasteiger partial charge in [-0.15, -0.1) is 0 Å². The first-order valence-corrected chi connectivity index (χ1v) is 35.4. The number of hydrogen-bond donors (Lipinski definition) is 0. The average Bonchev–Trinajstić information content (AvgIpc) is 3.47. The van der Waals surface area contributed by atoms with E-state index in [0.717, 1.165) is 103 Å². The normalized spacial score (nSPS) is 12.5. The summed E-state index contributed by atoms with van der Waals surface area (Å²) in [4.78, 5) is 38.4. The molecule has 0 saturated carbocycles. The lowest BCUT2D eigenvalue weighted by molar-refractivity contribution is -0.167. The van der Waals surface area contributed by atoms with Crippen LogP contribution in [0.2, 0.25) is 0 Å². The molecule has 0 N–H and O–H groups in total. The molecule has 6 nitrogen and oxygen atoms in total. The minimum Gasteiger partial charge on any atom is -0.462 e. The van der Waals surface area contributed by atoms with Crippen molar-refractivity contribution in [3.63, 3.8) is 0 Å². The Hall–Kier alpha value is -3.15. The number of carbonyl (C=O) groups excluding carboxylic acids is 3. The van der Waals surface area contributed by atoms with E-state index in [9.17, 15) is 14.4 Å². The molecule has 0 fully saturated rings. The van der Waals surface area contributed by atoms with E-state index in [1.54, 1.807) is 0 Å². The zero-order chi connectivity index (χ0) is 58.5. The number of carbonyl (C=O) groups is 3. The predicted octanol–water partition coefficient (Wildman–Crippen LogP) is 24.4. The van der Waals surface area contributed by atoms with Gasteiger partial charge in [-0.05, 0) is 89.9 Å². The van der Waals surface area contributed by atoms with E-state index in [1.165, 1.54) is 225 Å². The molecule has 0 amide bonds. The quantitative estimate of drug-likeness (QED) is 0.0261. The number of hydrogen-bond acceptors (Lipinski definition) is 6. The van der Waals surface area contributed by atoms with Crippen molar-refractivity contribution in [1.29, 1.82) is 0 Å². The van der Waals surface area contributed by atoms with Crippen LogP contribution in [0.3, 0.4) is 0 Å². The van der Waals surface area contributed by atoms with Gasteiger partial charge >= 0.3 is 17.9 Å². The van der Waals surface area contributed by atoms with Crippen LogP contribution in [0, 0.1) is 0 Å². The van der Waals surface area contributed by atoms with E-state index in [4.69, 9.17) is 14.2 Å². The van der Waals surface area contributed by atoms with Crippen molar-refractivity contribution >= 4 is 17.9 Å². The van der Waals surface area contributed by atoms with Gasteiger partial charge < -0.3 is 14.2 Å². The van der Waals surface area contributed by atoms with Crippen LogP contribution in [0.1, 0.15) is 367 Å². The van der Waals surface area contributed by atoms with Crippen molar-refractivity contribution in [1.82, 2.24) is 0 Å². The molecular formula is C75H134O6. The van der Waals surface area contributed by atoms with Crippen molar-refractivity contribution in [3.8, 4) is 0 Å². The van der Waals surface area contributed by atoms with Crippen LogP contribution >= 0.6 is 0 Å². The molecule has 0 radical (unpaired) electrons. The van der Waals surface area contributed by atoms with Gasteiger partial charge in [-0.3, -0.25) is 14.4 Å². The van der Waals surface area contributed by atoms with Gasteiger partial charge in [-0.2, -0.15) is 0 Å². The topological polar surface area (TPSA) is 78.9 Å². The highest BCUT2D eigenvalue weighted by molar-refractivity contribution is 5.71. The average molecular weight is 1130 g/mol. The molecule has 0 saturated heterocycles. The van der Waals surface area contributed by atoms with E-state index < -0.39 is 6.10 Å². The van der Waals surface area contributed by atoms with E-state index in [0.29, 0.717) is 19.3 Å². The van der Waals surface area contributed by atoms with Crippen LogP contribution in [0.4, 0.5) is 0 Å². The van der Waals surface area contributed by atoms with Gasteiger partial charge in [0, 0.05) is 19.3 Å². The second-order valence-corrected chi connectivity index (χ2v) is 23.8. The van der Waals surface area contributed by atoms with Gasteiger partial charge in [0.05, 0.1) is 0 Å². The third-order valence-corrected chi connectivity index (χ3v) is 15.7. The van der Waals surface area contributed by atoms with Crippen LogP contribution in [0.25, 0.3) is 0 Å². The summed E-state index contributed by atoms with van der Waals surface area (Å²) in [6.07, 6.45) is 90.7. The molecule has 0 aliphatic heterocycles. The maximum absolute atomic E-state index is 13.0. The van der Waals surface area contributed by atoms with E-state index >= 15 is 0 Å². The summed E-state index contributed by atoms with van der Waals surface area (Å²) in [5.74, 6) is -0.878. The van der Waals surface area contributed by atoms with Crippen LogP contribution in [-0.2, 0) is 28.6 Å². The van der Waals surface area contributed by atoms with E-state index in [2.05, 4.69) is 93.7 Å². The standard InChI is InChI=1S/C75H134O6/c1-4-7-10-13-16-19-22-25-28-30-32-34-36-37-38-40-41-43-45-47-50-53-56-59-62-65-68-74(77)80-71-72(70-79-73(76)67-64-61-58-55-52-49-27-24-21-18-15-12-9-6-3)81-75(78)69-66-63-60-57-54-51-48-46-44-42-39-35-33-31-29-26-23-20-17-14-11-8-5-2/h8,11,17,20,24,26-27,29,33,35,42,44,72H,4-7,9-10,12-16,18-19,21-23,25,28,30-32,34,36-41,43,45-71H2,1-3H3/b11-8-,20-17-,27-24-,29-26-,35-33-,44-42-. The summed E-state index contributed by atoms with van der Waals surface area (Å²) < 4.78 is 17.0. The molecule has 0 aromatic rings. The third-order valence-electron chi connectivity index (χ3n) is 15.7. The largest absolute Gasteiger partial charge is 0.462 e. The van der Waals surface area contributed by atoms with Crippen LogP contribution in [0.15, 0.2) is 72.9 Å². The highest BCUT2D eigenvalue weighted by Crippen LogP contribution is 2.18. The van der Waals surface area contributed by atoms with Crippen molar-refractivity contribution in [2.45, 2.75) is 374 Å². The van der Waals surface area contributed by atoms with Crippen LogP contribution in [-0.4, -0.2) is 37.2 Å². The second-order valence-electron chi connectivity index (χ2n) is 23.8. The SMILES string of the molecule is CC/C=C\C/C=C\C/C=C\C/C=C\C/C=C\CCCCCCCCCC(=O)OC(COC(=O)CCCCCCC/C=C\CCCCCCC)COC(=O)CCCCCCCCCCCCCCCCCCCCCCCCCCCC. The van der Waals surface area contributed by atoms with Crippen molar-refractivity contribution in [2.24, 2.45) is 0 Å². The number of allylic oxidation sites excluding steroid dienone is 12. The van der Waals surface area contributed by atoms with Gasteiger partial charge in [-0.25, -0.2) is 0 Å². The molecule has 0 spiro atoms. The lowest BCUT2D eigenvalue weighted by atomic mass is 10.0. The van der Waals surface area contributed by atoms with Crippen molar-refractivity contribution < 1.29 is 28.6 Å². The Morgan fingerprint density at radius 1 is 0.259 bits per heavy atom. The molecule has 470 valence electrons. The smallest absolute Gasteiger partial charge is 0.306 e. The molecule has 0 aliphatic rings. The van der Waals surface area contributed by atoms with Gasteiger partial charge in [0.25, 0.3) is 0 Å². The molecule has 0 heterocycles. The molecule has 1 unspecified atom stereocenters. The fourth-order valence-electron chi connectivity index (χ4n) is 10.4. The molecule has 1 atom stereocenters. The first-order chi connectivity index (χ1) is 40.0. The molecule has 0 aliphatic carbocycles. The van der Waals surface area contributed by atoms with Crippen molar-refractivity contribution in [3.05, 3.63) is 72.9 Å². The minimum atomic E-state index is -0.785. The molecule has 0 rings (SSSR count). The summed E-state index contributed by atoms with van der Waals surface area (Å²) in [5.41, 5.74) is 0. The third kappa shape index (κ3) is 67.5. The van der Waals surface area contributed by atoms with Crippen LogP contribution in [0.5, 0.6) is 0 Å². The van der Waals surface area contributed by atoms with Gasteiger partial charge in [0.1, 0.15) is 13.2 Å². The molecular weight excluding hydrogens is 997 g/mol. The maximum Gasteiger partial charge on any atom is 0.306 e. The Balaban J connectivity index is 4.29. The monoisotopic (exact) mass is 1130 g/mol. The lowest BCUT2D eigenvalue weighted by Gasteiger charge is -2.18. The Morgan fingerprint density at radius 3 is 0.765 bits per heavy atom. The van der Waals surface area contributed by atoms with Gasteiger partial charge in [0.2, 0.25) is 0 Å². The first kappa shape index (κ1) is 77.9. The number of ether oxygens (including phenoxy) is 3. The highest BCUT2D eigenvalue weighted by Gasteiger charge is 2.19. The van der Waals surface area contributed by atoms with Crippen molar-refractivity contribution in [2.75, 3.05) is 13.2 Å². The molecule has 6 heteroatoms. The first-order valence-electron chi connectivity index (χ1n) is 35.4. The molecule has 0 bridgehead atoms. The fraction of sp³-hybridized carbons (Fsp3) is 0.800. The molecule has 81 heavy (non-hydrogen) atoms. The Bertz CT molecular complexity index is 1490.